The van der Waals surface area contributed by atoms with Gasteiger partial charge in [0.1, 0.15) is 0 Å². The molecular weight excluding hydrogens is 399 g/mol. The first-order valence-corrected chi connectivity index (χ1v) is 8.53. The number of carbonyl (C=O) groups is 2. The number of hydrogen-bond acceptors (Lipinski definition) is 4. The van der Waals surface area contributed by atoms with Gasteiger partial charge in [-0.25, -0.2) is 0 Å². The minimum Gasteiger partial charge on any atom is -0.399 e. The first kappa shape index (κ1) is 25.7. The van der Waals surface area contributed by atoms with Crippen molar-refractivity contribution in [2.24, 2.45) is 0 Å². The third kappa shape index (κ3) is 7.76. The second-order valence-corrected chi connectivity index (χ2v) is 6.51. The zero-order valence-electron chi connectivity index (χ0n) is 16.3. The van der Waals surface area contributed by atoms with Gasteiger partial charge in [-0.3, -0.25) is 9.59 Å². The highest BCUT2D eigenvalue weighted by Gasteiger charge is 2.10. The fraction of sp³-hybridized carbons (Fsp3) is 0.300. The van der Waals surface area contributed by atoms with Crippen LogP contribution in [0.2, 0.25) is 0 Å². The second kappa shape index (κ2) is 12.2. The fourth-order valence-corrected chi connectivity index (χ4v) is 2.43. The van der Waals surface area contributed by atoms with Crippen LogP contribution in [0.4, 0.5) is 5.69 Å². The van der Waals surface area contributed by atoms with Crippen molar-refractivity contribution >= 4 is 42.3 Å². The number of hydrogen-bond donors (Lipinski definition) is 3. The van der Waals surface area contributed by atoms with Crippen molar-refractivity contribution in [3.05, 3.63) is 64.7 Å². The summed E-state index contributed by atoms with van der Waals surface area (Å²) in [4.78, 5) is 26.4. The average molecular weight is 427 g/mol. The Morgan fingerprint density at radius 1 is 0.964 bits per heavy atom. The summed E-state index contributed by atoms with van der Waals surface area (Å²) in [6.45, 7) is 3.65. The molecule has 0 spiro atoms. The predicted octanol–water partition coefficient (Wildman–Crippen LogP) is 2.64. The number of nitrogens with one attached hydrogen (secondary N) is 2. The maximum Gasteiger partial charge on any atom is 0.251 e. The van der Waals surface area contributed by atoms with Crippen LogP contribution in [-0.4, -0.2) is 43.9 Å². The number of carbonyl (C=O) groups excluding carboxylic acids is 2. The van der Waals surface area contributed by atoms with Gasteiger partial charge in [-0.2, -0.15) is 0 Å². The molecule has 0 aliphatic heterocycles. The molecule has 28 heavy (non-hydrogen) atoms. The zero-order valence-corrected chi connectivity index (χ0v) is 18.0. The summed E-state index contributed by atoms with van der Waals surface area (Å²) in [7, 11) is 3.92. The molecule has 154 valence electrons. The molecule has 6 nitrogen and oxygen atoms in total. The summed E-state index contributed by atoms with van der Waals surface area (Å²) in [6, 6.07) is 12.5. The van der Waals surface area contributed by atoms with Crippen molar-refractivity contribution in [3.8, 4) is 0 Å². The lowest BCUT2D eigenvalue weighted by atomic mass is 10.1. The van der Waals surface area contributed by atoms with E-state index in [-0.39, 0.29) is 36.6 Å². The lowest BCUT2D eigenvalue weighted by Gasteiger charge is -2.11. The minimum atomic E-state index is -0.166. The molecule has 0 unspecified atom stereocenters. The van der Waals surface area contributed by atoms with Gasteiger partial charge in [0.25, 0.3) is 11.8 Å². The van der Waals surface area contributed by atoms with Gasteiger partial charge in [0.2, 0.25) is 0 Å². The molecule has 0 aliphatic rings. The summed E-state index contributed by atoms with van der Waals surface area (Å²) in [6.07, 6.45) is 0. The summed E-state index contributed by atoms with van der Waals surface area (Å²) < 4.78 is 0. The molecule has 0 aromatic heterocycles. The zero-order chi connectivity index (χ0) is 19.1. The smallest absolute Gasteiger partial charge is 0.251 e. The van der Waals surface area contributed by atoms with Crippen LogP contribution in [0.1, 0.15) is 31.8 Å². The van der Waals surface area contributed by atoms with Gasteiger partial charge >= 0.3 is 0 Å². The molecule has 4 N–H and O–H groups in total. The quantitative estimate of drug-likeness (QED) is 0.593. The normalized spacial score (nSPS) is 9.86. The molecule has 0 aliphatic carbocycles. The average Bonchev–Trinajstić information content (AvgIpc) is 2.61. The van der Waals surface area contributed by atoms with Gasteiger partial charge in [0.15, 0.2) is 0 Å². The maximum absolute atomic E-state index is 12.3. The van der Waals surface area contributed by atoms with E-state index in [1.807, 2.05) is 44.1 Å². The van der Waals surface area contributed by atoms with Gasteiger partial charge in [-0.1, -0.05) is 18.2 Å². The molecule has 0 fully saturated rings. The lowest BCUT2D eigenvalue weighted by molar-refractivity contribution is 0.0941. The minimum absolute atomic E-state index is 0. The van der Waals surface area contributed by atoms with Crippen LogP contribution in [0.25, 0.3) is 0 Å². The number of aryl methyl sites for hydroxylation is 1. The largest absolute Gasteiger partial charge is 0.399 e. The van der Waals surface area contributed by atoms with Crippen molar-refractivity contribution in [2.45, 2.75) is 13.5 Å². The number of nitrogen functional groups attached to an aromatic ring is 1. The number of rotatable bonds is 7. The maximum atomic E-state index is 12.3. The van der Waals surface area contributed by atoms with Gasteiger partial charge in [-0.15, -0.1) is 24.8 Å². The van der Waals surface area contributed by atoms with Gasteiger partial charge in [0.05, 0.1) is 0 Å². The highest BCUT2D eigenvalue weighted by molar-refractivity contribution is 5.96. The Labute approximate surface area is 178 Å². The molecular formula is C20H28Cl2N4O2. The molecule has 2 aromatic rings. The van der Waals surface area contributed by atoms with Gasteiger partial charge in [0, 0.05) is 36.4 Å². The van der Waals surface area contributed by atoms with Gasteiger partial charge < -0.3 is 21.3 Å². The van der Waals surface area contributed by atoms with E-state index in [1.165, 1.54) is 0 Å². The lowest BCUT2D eigenvalue weighted by Crippen LogP contribution is -2.31. The third-order valence-corrected chi connectivity index (χ3v) is 4.02. The Bertz CT molecular complexity index is 780. The highest BCUT2D eigenvalue weighted by Crippen LogP contribution is 2.13. The fourth-order valence-electron chi connectivity index (χ4n) is 2.43. The van der Waals surface area contributed by atoms with Crippen LogP contribution in [-0.2, 0) is 6.54 Å². The molecule has 0 radical (unpaired) electrons. The molecule has 0 saturated heterocycles. The molecule has 0 saturated carbocycles. The van der Waals surface area contributed by atoms with E-state index in [1.54, 1.807) is 24.3 Å². The molecule has 0 heterocycles. The number of halogens is 2. The van der Waals surface area contributed by atoms with E-state index >= 15 is 0 Å². The van der Waals surface area contributed by atoms with Gasteiger partial charge in [-0.05, 0) is 56.4 Å². The number of nitrogens with zero attached hydrogens (tertiary/aromatic N) is 1. The van der Waals surface area contributed by atoms with Crippen molar-refractivity contribution < 1.29 is 9.59 Å². The Hall–Kier alpha value is -2.28. The Morgan fingerprint density at radius 3 is 2.21 bits per heavy atom. The third-order valence-electron chi connectivity index (χ3n) is 4.02. The first-order chi connectivity index (χ1) is 12.4. The standard InChI is InChI=1S/C20H26N4O2.2ClH/c1-14-4-9-17(21)12-18(14)20(26)23-13-15-5-7-16(8-6-15)19(25)22-10-11-24(2)3;;/h4-9,12H,10-11,13,21H2,1-3H3,(H,22,25)(H,23,26);2*1H. The number of likely N-dealkylation sites (N-methyl/N-ethyl adjacent to an activating group) is 1. The van der Waals surface area contributed by atoms with Crippen LogP contribution in [0.5, 0.6) is 0 Å². The Morgan fingerprint density at radius 2 is 1.61 bits per heavy atom. The second-order valence-electron chi connectivity index (χ2n) is 6.51. The van der Waals surface area contributed by atoms with Crippen LogP contribution < -0.4 is 16.4 Å². The molecule has 2 rings (SSSR count). The number of benzene rings is 2. The molecule has 0 atom stereocenters. The van der Waals surface area contributed by atoms with E-state index in [2.05, 4.69) is 10.6 Å². The Balaban J connectivity index is 0.00000364. The van der Waals surface area contributed by atoms with Crippen molar-refractivity contribution in [2.75, 3.05) is 32.9 Å². The van der Waals surface area contributed by atoms with Crippen LogP contribution >= 0.6 is 24.8 Å². The van der Waals surface area contributed by atoms with Crippen molar-refractivity contribution in [3.63, 3.8) is 0 Å². The predicted molar refractivity (Wildman–Crippen MR) is 119 cm³/mol. The molecule has 2 aromatic carbocycles. The monoisotopic (exact) mass is 426 g/mol. The molecule has 0 bridgehead atoms. The van der Waals surface area contributed by atoms with E-state index < -0.39 is 0 Å². The summed E-state index contributed by atoms with van der Waals surface area (Å²) in [5.74, 6) is -0.266. The molecule has 8 heteroatoms. The van der Waals surface area contributed by atoms with E-state index in [4.69, 9.17) is 5.73 Å². The van der Waals surface area contributed by atoms with Crippen LogP contribution in [0.15, 0.2) is 42.5 Å². The topological polar surface area (TPSA) is 87.5 Å². The van der Waals surface area contributed by atoms with Crippen LogP contribution in [0.3, 0.4) is 0 Å². The molecule has 2 amide bonds. The first-order valence-electron chi connectivity index (χ1n) is 8.53. The SMILES string of the molecule is Cc1ccc(N)cc1C(=O)NCc1ccc(C(=O)NCCN(C)C)cc1.Cl.Cl. The summed E-state index contributed by atoms with van der Waals surface area (Å²) in [5, 5.41) is 5.75. The van der Waals surface area contributed by atoms with Crippen molar-refractivity contribution in [1.29, 1.82) is 0 Å². The number of anilines is 1. The summed E-state index contributed by atoms with van der Waals surface area (Å²) >= 11 is 0. The highest BCUT2D eigenvalue weighted by atomic mass is 35.5. The van der Waals surface area contributed by atoms with Crippen molar-refractivity contribution in [1.82, 2.24) is 15.5 Å². The Kier molecular flexibility index (Phi) is 11.2. The van der Waals surface area contributed by atoms with Crippen LogP contribution in [0, 0.1) is 6.92 Å². The van der Waals surface area contributed by atoms with E-state index in [0.717, 1.165) is 17.7 Å². The number of nitrogens with two attached hydrogens (primary N) is 1. The van der Waals surface area contributed by atoms with E-state index in [0.29, 0.717) is 29.9 Å². The number of amides is 2. The summed E-state index contributed by atoms with van der Waals surface area (Å²) in [5.41, 5.74) is 9.28. The van der Waals surface area contributed by atoms with E-state index in [9.17, 15) is 9.59 Å².